The van der Waals surface area contributed by atoms with Crippen LogP contribution in [0.5, 0.6) is 11.5 Å². The maximum absolute atomic E-state index is 9.90. The van der Waals surface area contributed by atoms with E-state index in [1.165, 1.54) is 0 Å². The molecular weight excluding hydrogens is 270 g/mol. The van der Waals surface area contributed by atoms with Crippen LogP contribution in [0.15, 0.2) is 24.3 Å². The van der Waals surface area contributed by atoms with Gasteiger partial charge in [-0.15, -0.1) is 0 Å². The first-order valence-electron chi connectivity index (χ1n) is 7.23. The van der Waals surface area contributed by atoms with Crippen molar-refractivity contribution in [1.82, 2.24) is 5.32 Å². The minimum Gasteiger partial charge on any atom is -0.497 e. The lowest BCUT2D eigenvalue weighted by atomic mass is 9.90. The zero-order valence-electron chi connectivity index (χ0n) is 13.1. The van der Waals surface area contributed by atoms with E-state index in [9.17, 15) is 5.11 Å². The normalized spacial score (nSPS) is 13.0. The molecule has 1 rings (SSSR count). The molecule has 0 saturated carbocycles. The number of hydrogen-bond donors (Lipinski definition) is 3. The van der Waals surface area contributed by atoms with Crippen molar-refractivity contribution in [1.29, 1.82) is 0 Å². The SMILES string of the molecule is COc1cccc(OCC(O)CNCC(C)(C)CCO)c1. The van der Waals surface area contributed by atoms with Crippen LogP contribution in [-0.4, -0.2) is 49.7 Å². The summed E-state index contributed by atoms with van der Waals surface area (Å²) in [6.07, 6.45) is 0.150. The molecule has 0 heterocycles. The van der Waals surface area contributed by atoms with Gasteiger partial charge in [0.25, 0.3) is 0 Å². The Morgan fingerprint density at radius 1 is 1.29 bits per heavy atom. The van der Waals surface area contributed by atoms with Gasteiger partial charge in [-0.05, 0) is 24.0 Å². The van der Waals surface area contributed by atoms with E-state index in [4.69, 9.17) is 14.6 Å². The second-order valence-corrected chi connectivity index (χ2v) is 5.91. The van der Waals surface area contributed by atoms with Gasteiger partial charge in [0.1, 0.15) is 24.2 Å². The summed E-state index contributed by atoms with van der Waals surface area (Å²) in [6.45, 7) is 5.75. The van der Waals surface area contributed by atoms with Crippen LogP contribution in [0, 0.1) is 5.41 Å². The van der Waals surface area contributed by atoms with Crippen molar-refractivity contribution in [3.8, 4) is 11.5 Å². The molecule has 21 heavy (non-hydrogen) atoms. The molecule has 0 saturated heterocycles. The maximum atomic E-state index is 9.90. The molecule has 1 aromatic rings. The smallest absolute Gasteiger partial charge is 0.123 e. The highest BCUT2D eigenvalue weighted by Crippen LogP contribution is 2.19. The van der Waals surface area contributed by atoms with E-state index < -0.39 is 6.10 Å². The number of aliphatic hydroxyl groups is 2. The fourth-order valence-electron chi connectivity index (χ4n) is 1.91. The van der Waals surface area contributed by atoms with E-state index >= 15 is 0 Å². The van der Waals surface area contributed by atoms with Gasteiger partial charge in [-0.3, -0.25) is 0 Å². The molecule has 0 spiro atoms. The zero-order chi connectivity index (χ0) is 15.7. The third kappa shape index (κ3) is 7.32. The predicted molar refractivity (Wildman–Crippen MR) is 82.8 cm³/mol. The molecule has 1 unspecified atom stereocenters. The average Bonchev–Trinajstić information content (AvgIpc) is 2.45. The van der Waals surface area contributed by atoms with Gasteiger partial charge in [0.15, 0.2) is 0 Å². The largest absolute Gasteiger partial charge is 0.497 e. The van der Waals surface area contributed by atoms with Gasteiger partial charge in [-0.2, -0.15) is 0 Å². The summed E-state index contributed by atoms with van der Waals surface area (Å²) in [5.74, 6) is 1.40. The minimum atomic E-state index is -0.582. The van der Waals surface area contributed by atoms with Gasteiger partial charge in [0.05, 0.1) is 7.11 Å². The molecule has 0 aliphatic carbocycles. The molecule has 5 heteroatoms. The second-order valence-electron chi connectivity index (χ2n) is 5.91. The van der Waals surface area contributed by atoms with Crippen molar-refractivity contribution in [3.05, 3.63) is 24.3 Å². The summed E-state index contributed by atoms with van der Waals surface area (Å²) in [4.78, 5) is 0. The molecule has 3 N–H and O–H groups in total. The summed E-state index contributed by atoms with van der Waals surface area (Å²) in [5, 5.41) is 22.1. The minimum absolute atomic E-state index is 0.0160. The predicted octanol–water partition coefficient (Wildman–Crippen LogP) is 1.43. The van der Waals surface area contributed by atoms with E-state index in [1.807, 2.05) is 18.2 Å². The van der Waals surface area contributed by atoms with Gasteiger partial charge in [-0.1, -0.05) is 19.9 Å². The molecule has 0 bridgehead atoms. The fraction of sp³-hybridized carbons (Fsp3) is 0.625. The Hall–Kier alpha value is -1.30. The lowest BCUT2D eigenvalue weighted by Crippen LogP contribution is -2.37. The van der Waals surface area contributed by atoms with Crippen molar-refractivity contribution in [2.24, 2.45) is 5.41 Å². The second kappa shape index (κ2) is 8.87. The highest BCUT2D eigenvalue weighted by atomic mass is 16.5. The monoisotopic (exact) mass is 297 g/mol. The van der Waals surface area contributed by atoms with Crippen LogP contribution in [-0.2, 0) is 0 Å². The summed E-state index contributed by atoms with van der Waals surface area (Å²) >= 11 is 0. The molecule has 0 radical (unpaired) electrons. The van der Waals surface area contributed by atoms with E-state index in [-0.39, 0.29) is 18.6 Å². The van der Waals surface area contributed by atoms with Crippen molar-refractivity contribution < 1.29 is 19.7 Å². The fourth-order valence-corrected chi connectivity index (χ4v) is 1.91. The van der Waals surface area contributed by atoms with Crippen molar-refractivity contribution in [2.45, 2.75) is 26.4 Å². The Kier molecular flexibility index (Phi) is 7.50. The summed E-state index contributed by atoms with van der Waals surface area (Å²) in [7, 11) is 1.60. The lowest BCUT2D eigenvalue weighted by Gasteiger charge is -2.24. The maximum Gasteiger partial charge on any atom is 0.123 e. The Balaban J connectivity index is 2.26. The molecule has 5 nitrogen and oxygen atoms in total. The first-order valence-corrected chi connectivity index (χ1v) is 7.23. The Morgan fingerprint density at radius 2 is 2.00 bits per heavy atom. The molecular formula is C16H27NO4. The highest BCUT2D eigenvalue weighted by Gasteiger charge is 2.17. The van der Waals surface area contributed by atoms with Crippen molar-refractivity contribution in [3.63, 3.8) is 0 Å². The first kappa shape index (κ1) is 17.8. The molecule has 120 valence electrons. The first-order chi connectivity index (χ1) is 9.96. The molecule has 1 atom stereocenters. The van der Waals surface area contributed by atoms with E-state index in [0.717, 1.165) is 18.7 Å². The summed E-state index contributed by atoms with van der Waals surface area (Å²) in [5.41, 5.74) is 0.0160. The third-order valence-corrected chi connectivity index (χ3v) is 3.26. The van der Waals surface area contributed by atoms with Crippen molar-refractivity contribution in [2.75, 3.05) is 33.4 Å². The average molecular weight is 297 g/mol. The number of methoxy groups -OCH3 is 1. The number of nitrogens with one attached hydrogen (secondary N) is 1. The number of benzene rings is 1. The number of rotatable bonds is 10. The van der Waals surface area contributed by atoms with Crippen LogP contribution < -0.4 is 14.8 Å². The molecule has 0 amide bonds. The number of aliphatic hydroxyl groups excluding tert-OH is 2. The third-order valence-electron chi connectivity index (χ3n) is 3.26. The van der Waals surface area contributed by atoms with Gasteiger partial charge >= 0.3 is 0 Å². The molecule has 1 aromatic carbocycles. The quantitative estimate of drug-likeness (QED) is 0.609. The molecule has 0 aliphatic heterocycles. The number of hydrogen-bond acceptors (Lipinski definition) is 5. The lowest BCUT2D eigenvalue weighted by molar-refractivity contribution is 0.102. The molecule has 0 aliphatic rings. The highest BCUT2D eigenvalue weighted by molar-refractivity contribution is 5.32. The molecule has 0 fully saturated rings. The summed E-state index contributed by atoms with van der Waals surface area (Å²) in [6, 6.07) is 7.29. The Labute approximate surface area is 126 Å². The van der Waals surface area contributed by atoms with Crippen LogP contribution in [0.3, 0.4) is 0 Å². The number of ether oxygens (including phenoxy) is 2. The standard InChI is InChI=1S/C16H27NO4/c1-16(2,7-8-18)12-17-10-13(19)11-21-15-6-4-5-14(9-15)20-3/h4-6,9,13,17-19H,7-8,10-12H2,1-3H3. The van der Waals surface area contributed by atoms with Crippen LogP contribution in [0.2, 0.25) is 0 Å². The summed E-state index contributed by atoms with van der Waals surface area (Å²) < 4.78 is 10.6. The van der Waals surface area contributed by atoms with Gasteiger partial charge in [0.2, 0.25) is 0 Å². The van der Waals surface area contributed by atoms with E-state index in [1.54, 1.807) is 13.2 Å². The molecule has 0 aromatic heterocycles. The van der Waals surface area contributed by atoms with Crippen LogP contribution >= 0.6 is 0 Å². The Morgan fingerprint density at radius 3 is 2.67 bits per heavy atom. The van der Waals surface area contributed by atoms with E-state index in [0.29, 0.717) is 12.3 Å². The zero-order valence-corrected chi connectivity index (χ0v) is 13.1. The van der Waals surface area contributed by atoms with Crippen molar-refractivity contribution >= 4 is 0 Å². The topological polar surface area (TPSA) is 71.0 Å². The Bertz CT molecular complexity index is 409. The van der Waals surface area contributed by atoms with Crippen LogP contribution in [0.1, 0.15) is 20.3 Å². The van der Waals surface area contributed by atoms with E-state index in [2.05, 4.69) is 19.2 Å². The van der Waals surface area contributed by atoms with Gasteiger partial charge < -0.3 is 25.0 Å². The van der Waals surface area contributed by atoms with Gasteiger partial charge in [0, 0.05) is 25.8 Å². The van der Waals surface area contributed by atoms with Crippen LogP contribution in [0.25, 0.3) is 0 Å². The van der Waals surface area contributed by atoms with Gasteiger partial charge in [-0.25, -0.2) is 0 Å². The van der Waals surface area contributed by atoms with Crippen LogP contribution in [0.4, 0.5) is 0 Å².